The van der Waals surface area contributed by atoms with Crippen molar-refractivity contribution >= 4 is 11.6 Å². The van der Waals surface area contributed by atoms with Gasteiger partial charge >= 0.3 is 0 Å². The lowest BCUT2D eigenvalue weighted by Crippen LogP contribution is -2.26. The molecule has 0 spiro atoms. The summed E-state index contributed by atoms with van der Waals surface area (Å²) in [6.45, 7) is 1.16. The molecule has 0 aliphatic rings. The van der Waals surface area contributed by atoms with Crippen LogP contribution in [0, 0.1) is 10.1 Å². The second-order valence-corrected chi connectivity index (χ2v) is 5.77. The van der Waals surface area contributed by atoms with Crippen LogP contribution in [0.1, 0.15) is 21.7 Å². The fourth-order valence-corrected chi connectivity index (χ4v) is 2.62. The highest BCUT2D eigenvalue weighted by molar-refractivity contribution is 5.94. The van der Waals surface area contributed by atoms with E-state index in [1.807, 2.05) is 29.0 Å². The van der Waals surface area contributed by atoms with Gasteiger partial charge in [-0.05, 0) is 17.7 Å². The molecule has 1 amide bonds. The molecule has 0 bridgehead atoms. The number of nitrogens with zero attached hydrogens (tertiary/aromatic N) is 3. The zero-order chi connectivity index (χ0) is 18.4. The van der Waals surface area contributed by atoms with E-state index in [0.717, 1.165) is 12.4 Å². The van der Waals surface area contributed by atoms with E-state index in [1.165, 1.54) is 29.8 Å². The summed E-state index contributed by atoms with van der Waals surface area (Å²) in [5.74, 6) is 0.624. The summed E-state index contributed by atoms with van der Waals surface area (Å²) in [6, 6.07) is 15.6. The average Bonchev–Trinajstić information content (AvgIpc) is 3.09. The Morgan fingerprint density at radius 2 is 1.85 bits per heavy atom. The van der Waals surface area contributed by atoms with E-state index >= 15 is 0 Å². The fraction of sp³-hybridized carbons (Fsp3) is 0.158. The predicted molar refractivity (Wildman–Crippen MR) is 96.9 cm³/mol. The van der Waals surface area contributed by atoms with Gasteiger partial charge in [0.25, 0.3) is 11.6 Å². The zero-order valence-electron chi connectivity index (χ0n) is 14.0. The van der Waals surface area contributed by atoms with E-state index in [-0.39, 0.29) is 11.6 Å². The number of amides is 1. The lowest BCUT2D eigenvalue weighted by molar-refractivity contribution is -0.384. The first kappa shape index (κ1) is 17.3. The van der Waals surface area contributed by atoms with Gasteiger partial charge in [-0.15, -0.1) is 0 Å². The number of imidazole rings is 1. The molecule has 0 saturated heterocycles. The molecular formula is C19H18N4O3. The second-order valence-electron chi connectivity index (χ2n) is 5.77. The van der Waals surface area contributed by atoms with E-state index in [0.29, 0.717) is 18.5 Å². The molecule has 132 valence electrons. The SMILES string of the molecule is O=C(NCCc1nccn1Cc1ccccc1)c1ccc([N+](=O)[O-])cc1. The van der Waals surface area contributed by atoms with Gasteiger partial charge in [0.15, 0.2) is 0 Å². The maximum atomic E-state index is 12.1. The number of benzene rings is 2. The van der Waals surface area contributed by atoms with E-state index in [1.54, 1.807) is 6.20 Å². The zero-order valence-corrected chi connectivity index (χ0v) is 14.0. The highest BCUT2D eigenvalue weighted by atomic mass is 16.6. The number of carbonyl (C=O) groups is 1. The first-order valence-electron chi connectivity index (χ1n) is 8.20. The molecule has 0 atom stereocenters. The van der Waals surface area contributed by atoms with Crippen molar-refractivity contribution in [2.75, 3.05) is 6.54 Å². The Balaban J connectivity index is 1.54. The molecule has 7 nitrogen and oxygen atoms in total. The predicted octanol–water partition coefficient (Wildman–Crippen LogP) is 2.81. The van der Waals surface area contributed by atoms with Crippen LogP contribution in [-0.4, -0.2) is 26.9 Å². The molecule has 0 aliphatic heterocycles. The first-order chi connectivity index (χ1) is 12.6. The number of non-ortho nitro benzene ring substituents is 1. The molecule has 3 rings (SSSR count). The van der Waals surface area contributed by atoms with Crippen molar-refractivity contribution in [1.29, 1.82) is 0 Å². The van der Waals surface area contributed by atoms with E-state index in [4.69, 9.17) is 0 Å². The minimum atomic E-state index is -0.492. The van der Waals surface area contributed by atoms with Gasteiger partial charge < -0.3 is 9.88 Å². The molecule has 1 aromatic heterocycles. The monoisotopic (exact) mass is 350 g/mol. The van der Waals surface area contributed by atoms with Crippen LogP contribution < -0.4 is 5.32 Å². The van der Waals surface area contributed by atoms with Crippen LogP contribution in [0.5, 0.6) is 0 Å². The van der Waals surface area contributed by atoms with Crippen LogP contribution in [0.2, 0.25) is 0 Å². The number of nitro groups is 1. The van der Waals surface area contributed by atoms with Crippen LogP contribution in [-0.2, 0) is 13.0 Å². The minimum Gasteiger partial charge on any atom is -0.352 e. The lowest BCUT2D eigenvalue weighted by atomic mass is 10.2. The molecule has 0 aliphatic carbocycles. The summed E-state index contributed by atoms with van der Waals surface area (Å²) in [7, 11) is 0. The van der Waals surface area contributed by atoms with Crippen LogP contribution >= 0.6 is 0 Å². The van der Waals surface area contributed by atoms with Gasteiger partial charge in [-0.3, -0.25) is 14.9 Å². The summed E-state index contributed by atoms with van der Waals surface area (Å²) in [6.07, 6.45) is 4.26. The van der Waals surface area contributed by atoms with E-state index in [9.17, 15) is 14.9 Å². The number of hydrogen-bond donors (Lipinski definition) is 1. The second kappa shape index (κ2) is 8.06. The van der Waals surface area contributed by atoms with E-state index < -0.39 is 4.92 Å². The Morgan fingerprint density at radius 1 is 1.12 bits per heavy atom. The van der Waals surface area contributed by atoms with Crippen molar-refractivity contribution in [3.05, 3.63) is 94.1 Å². The molecule has 7 heteroatoms. The molecule has 0 saturated carbocycles. The van der Waals surface area contributed by atoms with Crippen LogP contribution in [0.4, 0.5) is 5.69 Å². The standard InChI is InChI=1S/C19H18N4O3/c24-19(16-6-8-17(9-7-16)23(25)26)21-11-10-18-20-12-13-22(18)14-15-4-2-1-3-5-15/h1-9,12-13H,10-11,14H2,(H,21,24). The van der Waals surface area contributed by atoms with Crippen molar-refractivity contribution in [2.45, 2.75) is 13.0 Å². The van der Waals surface area contributed by atoms with Crippen molar-refractivity contribution in [3.8, 4) is 0 Å². The van der Waals surface area contributed by atoms with Gasteiger partial charge in [0, 0.05) is 49.6 Å². The van der Waals surface area contributed by atoms with Crippen molar-refractivity contribution in [2.24, 2.45) is 0 Å². The van der Waals surface area contributed by atoms with Gasteiger partial charge in [-0.2, -0.15) is 0 Å². The Morgan fingerprint density at radius 3 is 2.54 bits per heavy atom. The molecular weight excluding hydrogens is 332 g/mol. The molecule has 0 unspecified atom stereocenters. The third kappa shape index (κ3) is 4.32. The van der Waals surface area contributed by atoms with Gasteiger partial charge in [0.05, 0.1) is 4.92 Å². The third-order valence-corrected chi connectivity index (χ3v) is 3.97. The van der Waals surface area contributed by atoms with Gasteiger partial charge in [0.1, 0.15) is 5.82 Å². The first-order valence-corrected chi connectivity index (χ1v) is 8.20. The minimum absolute atomic E-state index is 0.0375. The Labute approximate surface area is 150 Å². The Kier molecular flexibility index (Phi) is 5.38. The topological polar surface area (TPSA) is 90.1 Å². The summed E-state index contributed by atoms with van der Waals surface area (Å²) >= 11 is 0. The molecule has 0 fully saturated rings. The number of rotatable bonds is 7. The largest absolute Gasteiger partial charge is 0.352 e. The van der Waals surface area contributed by atoms with Crippen LogP contribution in [0.3, 0.4) is 0 Å². The molecule has 26 heavy (non-hydrogen) atoms. The maximum Gasteiger partial charge on any atom is 0.269 e. The summed E-state index contributed by atoms with van der Waals surface area (Å²) < 4.78 is 2.05. The summed E-state index contributed by atoms with van der Waals surface area (Å²) in [4.78, 5) is 26.6. The quantitative estimate of drug-likeness (QED) is 0.524. The number of carbonyl (C=O) groups excluding carboxylic acids is 1. The Hall–Kier alpha value is -3.48. The smallest absolute Gasteiger partial charge is 0.269 e. The van der Waals surface area contributed by atoms with Crippen molar-refractivity contribution in [3.63, 3.8) is 0 Å². The van der Waals surface area contributed by atoms with Crippen molar-refractivity contribution in [1.82, 2.24) is 14.9 Å². The molecule has 3 aromatic rings. The van der Waals surface area contributed by atoms with Crippen LogP contribution in [0.25, 0.3) is 0 Å². The van der Waals surface area contributed by atoms with Gasteiger partial charge in [-0.1, -0.05) is 30.3 Å². The lowest BCUT2D eigenvalue weighted by Gasteiger charge is -2.09. The number of aromatic nitrogens is 2. The molecule has 1 heterocycles. The summed E-state index contributed by atoms with van der Waals surface area (Å²) in [5, 5.41) is 13.5. The van der Waals surface area contributed by atoms with Crippen LogP contribution in [0.15, 0.2) is 67.0 Å². The van der Waals surface area contributed by atoms with Gasteiger partial charge in [-0.25, -0.2) is 4.98 Å². The molecule has 0 radical (unpaired) electrons. The highest BCUT2D eigenvalue weighted by Gasteiger charge is 2.10. The number of nitro benzene ring substituents is 1. The Bertz CT molecular complexity index is 889. The highest BCUT2D eigenvalue weighted by Crippen LogP contribution is 2.12. The molecule has 1 N–H and O–H groups in total. The van der Waals surface area contributed by atoms with E-state index in [2.05, 4.69) is 22.4 Å². The normalized spacial score (nSPS) is 10.5. The molecule has 2 aromatic carbocycles. The van der Waals surface area contributed by atoms with Gasteiger partial charge in [0.2, 0.25) is 0 Å². The third-order valence-electron chi connectivity index (χ3n) is 3.97. The van der Waals surface area contributed by atoms with Crippen molar-refractivity contribution < 1.29 is 9.72 Å². The number of hydrogen-bond acceptors (Lipinski definition) is 4. The average molecular weight is 350 g/mol. The summed E-state index contributed by atoms with van der Waals surface area (Å²) in [5.41, 5.74) is 1.54. The fourth-order valence-electron chi connectivity index (χ4n) is 2.62. The number of nitrogens with one attached hydrogen (secondary N) is 1. The maximum absolute atomic E-state index is 12.1.